The van der Waals surface area contributed by atoms with E-state index in [0.29, 0.717) is 19.7 Å². The molecule has 7 nitrogen and oxygen atoms in total. The van der Waals surface area contributed by atoms with Crippen LogP contribution in [0.2, 0.25) is 0 Å². The van der Waals surface area contributed by atoms with Gasteiger partial charge in [-0.15, -0.1) is 0 Å². The van der Waals surface area contributed by atoms with E-state index >= 15 is 0 Å². The maximum Gasteiger partial charge on any atom is 0.238 e. The van der Waals surface area contributed by atoms with Crippen molar-refractivity contribution in [1.82, 2.24) is 9.80 Å². The highest BCUT2D eigenvalue weighted by Gasteiger charge is 2.21. The average Bonchev–Trinajstić information content (AvgIpc) is 2.70. The van der Waals surface area contributed by atoms with Crippen molar-refractivity contribution in [3.05, 3.63) is 59.7 Å². The fourth-order valence-corrected chi connectivity index (χ4v) is 3.87. The normalized spacial score (nSPS) is 15.3. The number of benzene rings is 2. The average molecular weight is 418 g/mol. The van der Waals surface area contributed by atoms with Crippen molar-refractivity contribution < 1.29 is 17.9 Å². The van der Waals surface area contributed by atoms with E-state index in [1.54, 1.807) is 12.1 Å². The third-order valence-corrected chi connectivity index (χ3v) is 5.90. The van der Waals surface area contributed by atoms with Crippen molar-refractivity contribution in [3.63, 3.8) is 0 Å². The summed E-state index contributed by atoms with van der Waals surface area (Å²) in [5.74, 6) is 0.929. The molecule has 3 rings (SSSR count). The summed E-state index contributed by atoms with van der Waals surface area (Å²) in [6, 6.07) is 14.3. The van der Waals surface area contributed by atoms with E-state index < -0.39 is 10.0 Å². The molecular weight excluding hydrogens is 390 g/mol. The first kappa shape index (κ1) is 21.3. The Kier molecular flexibility index (Phi) is 6.89. The van der Waals surface area contributed by atoms with Crippen molar-refractivity contribution in [2.75, 3.05) is 32.8 Å². The number of rotatable bonds is 7. The number of primary sulfonamides is 1. The van der Waals surface area contributed by atoms with Gasteiger partial charge in [0, 0.05) is 32.7 Å². The third-order valence-electron chi connectivity index (χ3n) is 4.97. The predicted octanol–water partition coefficient (Wildman–Crippen LogP) is 1.62. The van der Waals surface area contributed by atoms with Crippen LogP contribution in [0, 0.1) is 0 Å². The van der Waals surface area contributed by atoms with Crippen LogP contribution >= 0.6 is 0 Å². The maximum atomic E-state index is 12.6. The zero-order valence-electron chi connectivity index (χ0n) is 16.6. The lowest BCUT2D eigenvalue weighted by molar-refractivity contribution is -0.132. The topological polar surface area (TPSA) is 92.9 Å². The lowest BCUT2D eigenvalue weighted by Crippen LogP contribution is -2.48. The van der Waals surface area contributed by atoms with Gasteiger partial charge in [-0.3, -0.25) is 9.69 Å². The zero-order chi connectivity index (χ0) is 20.9. The number of piperazine rings is 1. The molecule has 0 radical (unpaired) electrons. The Balaban J connectivity index is 1.47. The van der Waals surface area contributed by atoms with Crippen molar-refractivity contribution in [2.45, 2.75) is 24.8 Å². The van der Waals surface area contributed by atoms with Gasteiger partial charge in [0.15, 0.2) is 0 Å². The second kappa shape index (κ2) is 9.39. The van der Waals surface area contributed by atoms with E-state index in [2.05, 4.69) is 17.0 Å². The number of hydrogen-bond acceptors (Lipinski definition) is 5. The van der Waals surface area contributed by atoms with Gasteiger partial charge >= 0.3 is 0 Å². The Morgan fingerprint density at radius 1 is 0.966 bits per heavy atom. The summed E-state index contributed by atoms with van der Waals surface area (Å²) < 4.78 is 28.1. The molecule has 156 valence electrons. The summed E-state index contributed by atoms with van der Waals surface area (Å²) in [4.78, 5) is 16.8. The second-order valence-corrected chi connectivity index (χ2v) is 8.66. The van der Waals surface area contributed by atoms with Crippen LogP contribution in [0.4, 0.5) is 0 Å². The van der Waals surface area contributed by atoms with Crippen molar-refractivity contribution >= 4 is 15.9 Å². The zero-order valence-corrected chi connectivity index (χ0v) is 17.4. The van der Waals surface area contributed by atoms with Gasteiger partial charge in [0.25, 0.3) is 0 Å². The van der Waals surface area contributed by atoms with Gasteiger partial charge in [0.1, 0.15) is 5.75 Å². The van der Waals surface area contributed by atoms with Gasteiger partial charge in [0.05, 0.1) is 17.9 Å². The lowest BCUT2D eigenvalue weighted by atomic mass is 10.1. The molecule has 2 aromatic rings. The quantitative estimate of drug-likeness (QED) is 0.739. The van der Waals surface area contributed by atoms with E-state index in [4.69, 9.17) is 9.88 Å². The van der Waals surface area contributed by atoms with Gasteiger partial charge in [-0.25, -0.2) is 13.6 Å². The molecule has 2 aromatic carbocycles. The van der Waals surface area contributed by atoms with E-state index in [-0.39, 0.29) is 17.2 Å². The molecule has 1 amide bonds. The molecule has 2 N–H and O–H groups in total. The first-order valence-electron chi connectivity index (χ1n) is 9.69. The van der Waals surface area contributed by atoms with Crippen LogP contribution in [0.15, 0.2) is 53.4 Å². The number of nitrogens with zero attached hydrogens (tertiary/aromatic N) is 2. The van der Waals surface area contributed by atoms with Crippen molar-refractivity contribution in [1.29, 1.82) is 0 Å². The van der Waals surface area contributed by atoms with Crippen LogP contribution < -0.4 is 9.88 Å². The molecule has 0 unspecified atom stereocenters. The minimum absolute atomic E-state index is 0.0501. The van der Waals surface area contributed by atoms with Crippen LogP contribution in [-0.2, 0) is 27.8 Å². The first-order chi connectivity index (χ1) is 13.8. The molecule has 0 atom stereocenters. The Hall–Kier alpha value is -2.42. The Morgan fingerprint density at radius 3 is 2.10 bits per heavy atom. The monoisotopic (exact) mass is 417 g/mol. The SMILES string of the molecule is CCOc1ccc(CN2CCN(C(=O)Cc3ccc(S(N)(=O)=O)cc3)CC2)cc1. The highest BCUT2D eigenvalue weighted by atomic mass is 32.2. The second-order valence-electron chi connectivity index (χ2n) is 7.10. The molecule has 0 aromatic heterocycles. The van der Waals surface area contributed by atoms with E-state index in [1.165, 1.54) is 17.7 Å². The predicted molar refractivity (Wildman–Crippen MR) is 111 cm³/mol. The van der Waals surface area contributed by atoms with Crippen molar-refractivity contribution in [3.8, 4) is 5.75 Å². The van der Waals surface area contributed by atoms with Gasteiger partial charge in [0.2, 0.25) is 15.9 Å². The van der Waals surface area contributed by atoms with E-state index in [0.717, 1.165) is 30.9 Å². The molecule has 1 aliphatic heterocycles. The van der Waals surface area contributed by atoms with Crippen LogP contribution in [-0.4, -0.2) is 56.9 Å². The third kappa shape index (κ3) is 6.03. The number of carbonyl (C=O) groups excluding carboxylic acids is 1. The molecule has 1 fully saturated rings. The van der Waals surface area contributed by atoms with Gasteiger partial charge < -0.3 is 9.64 Å². The summed E-state index contributed by atoms with van der Waals surface area (Å²) in [6.45, 7) is 6.49. The van der Waals surface area contributed by atoms with Gasteiger partial charge in [-0.2, -0.15) is 0 Å². The molecule has 1 heterocycles. The van der Waals surface area contributed by atoms with Crippen LogP contribution in [0.25, 0.3) is 0 Å². The summed E-state index contributed by atoms with van der Waals surface area (Å²) in [5, 5.41) is 5.10. The fourth-order valence-electron chi connectivity index (χ4n) is 3.35. The molecule has 0 bridgehead atoms. The number of carbonyl (C=O) groups is 1. The molecule has 0 aliphatic carbocycles. The summed E-state index contributed by atoms with van der Waals surface area (Å²) in [7, 11) is -3.71. The minimum Gasteiger partial charge on any atom is -0.494 e. The number of ether oxygens (including phenoxy) is 1. The summed E-state index contributed by atoms with van der Waals surface area (Å²) in [5.41, 5.74) is 2.00. The molecule has 1 saturated heterocycles. The molecule has 0 spiro atoms. The Labute approximate surface area is 172 Å². The number of nitrogens with two attached hydrogens (primary N) is 1. The number of hydrogen-bond donors (Lipinski definition) is 1. The smallest absolute Gasteiger partial charge is 0.238 e. The minimum atomic E-state index is -3.71. The van der Waals surface area contributed by atoms with Crippen molar-refractivity contribution in [2.24, 2.45) is 5.14 Å². The molecule has 29 heavy (non-hydrogen) atoms. The lowest BCUT2D eigenvalue weighted by Gasteiger charge is -2.35. The largest absolute Gasteiger partial charge is 0.494 e. The van der Waals surface area contributed by atoms with Crippen LogP contribution in [0.5, 0.6) is 5.75 Å². The Morgan fingerprint density at radius 2 is 1.55 bits per heavy atom. The fraction of sp³-hybridized carbons (Fsp3) is 0.381. The van der Waals surface area contributed by atoms with E-state index in [9.17, 15) is 13.2 Å². The highest BCUT2D eigenvalue weighted by molar-refractivity contribution is 7.89. The number of sulfonamides is 1. The first-order valence-corrected chi connectivity index (χ1v) is 11.2. The standard InChI is InChI=1S/C21H27N3O4S/c1-2-28-19-7-3-18(4-8-19)16-23-11-13-24(14-12-23)21(25)15-17-5-9-20(10-6-17)29(22,26)27/h3-10H,2,11-16H2,1H3,(H2,22,26,27). The maximum absolute atomic E-state index is 12.6. The molecule has 1 aliphatic rings. The van der Waals surface area contributed by atoms with Gasteiger partial charge in [-0.05, 0) is 42.3 Å². The molecule has 0 saturated carbocycles. The summed E-state index contributed by atoms with van der Waals surface area (Å²) in [6.07, 6.45) is 0.254. The van der Waals surface area contributed by atoms with E-state index in [1.807, 2.05) is 24.0 Å². The number of amides is 1. The Bertz CT molecular complexity index is 919. The van der Waals surface area contributed by atoms with Crippen LogP contribution in [0.1, 0.15) is 18.1 Å². The molecule has 8 heteroatoms. The molecular formula is C21H27N3O4S. The summed E-state index contributed by atoms with van der Waals surface area (Å²) >= 11 is 0. The highest BCUT2D eigenvalue weighted by Crippen LogP contribution is 2.15. The van der Waals surface area contributed by atoms with Crippen LogP contribution in [0.3, 0.4) is 0 Å². The van der Waals surface area contributed by atoms with Gasteiger partial charge in [-0.1, -0.05) is 24.3 Å².